The highest BCUT2D eigenvalue weighted by Gasteiger charge is 2.39. The maximum absolute atomic E-state index is 13.1. The van der Waals surface area contributed by atoms with Crippen LogP contribution in [0.2, 0.25) is 0 Å². The fraction of sp³-hybridized carbons (Fsp3) is 0.333. The van der Waals surface area contributed by atoms with E-state index in [9.17, 15) is 81.1 Å². The molecule has 662 valence electrons. The van der Waals surface area contributed by atoms with Gasteiger partial charge < -0.3 is 85.3 Å². The van der Waals surface area contributed by atoms with Crippen LogP contribution in [-0.2, 0) is 89.6 Å². The van der Waals surface area contributed by atoms with Gasteiger partial charge in [-0.05, 0) is 180 Å². The second-order valence-electron chi connectivity index (χ2n) is 32.4. The first-order valence-electron chi connectivity index (χ1n) is 41.7. The van der Waals surface area contributed by atoms with E-state index in [1.165, 1.54) is 92.2 Å². The number of carbonyl (C=O) groups is 16. The number of aromatic nitrogens is 4. The standard InChI is InChI=1S/3C22H23N5O4.C14H18N2O.C9H8N2O4.CH3F/c3*1-12-2-5-18(13-3-4-17-14(6-13)8-19(28)26-17)27(11-12)22(31)21(30)25-16-7-15(20(23)29)9-24-10-16;1-9-2-4-12(15-8-9)10-3-5-13-11(6-10)7-14(17)16-13;10-8(13)6-1-5(3-11-4-6)2-7(12)9(14)15;1-2/h3*3-4,6-7,9-10,12,18H,2,5,8,11H2,1H3,(H2,23,29)(H,25,30)(H,26,28);3,5-6,9,12,15H,2,4,7-8H2,1H3,(H,16,17);1,3-4H,2H2,(H2,10,13)(H,14,15);1H3/t2*12-,18+;;;;/m10..../s1/i;;;;;1D. The Kier molecular flexibility index (Phi) is 30.2. The van der Waals surface area contributed by atoms with Gasteiger partial charge in [0.15, 0.2) is 0 Å². The summed E-state index contributed by atoms with van der Waals surface area (Å²) in [6, 6.07) is 28.5. The lowest BCUT2D eigenvalue weighted by molar-refractivity contribution is -0.148. The third-order valence-electron chi connectivity index (χ3n) is 22.6. The number of rotatable bonds is 14. The Morgan fingerprint density at radius 2 is 0.701 bits per heavy atom. The predicted molar refractivity (Wildman–Crippen MR) is 463 cm³/mol. The van der Waals surface area contributed by atoms with Crippen molar-refractivity contribution in [2.75, 3.05) is 70.6 Å². The molecule has 17 N–H and O–H groups in total. The number of Topliss-reactive ketones (excluding diaryl/α,β-unsaturated/α-hetero) is 1. The Hall–Kier alpha value is -14.9. The van der Waals surface area contributed by atoms with Crippen LogP contribution >= 0.6 is 0 Å². The summed E-state index contributed by atoms with van der Waals surface area (Å²) in [5.41, 5.74) is 33.5. The highest BCUT2D eigenvalue weighted by atomic mass is 19.1. The minimum absolute atomic E-state index is 0.0523. The minimum atomic E-state index is -1.51. The SMILES string of the molecule is CC1CCC(c2ccc3c(c2)CC(=O)N3)N(C(=O)C(=O)Nc2cncc(C(N)=O)c2)C1.CC1CCC(c2ccc3c(c2)CC(=O)N3)NC1.C[C@@H]1CC[C@@H](c2ccc3c(c2)CC(=O)N3)N(C(=O)C(=O)Nc2cncc(C(N)=O)c2)C1.C[C@H]1CC[C@H](c2ccc3c(c2)CC(=O)N3)N(C(=O)C(=O)Nc2cncc(C(N)=O)c2)C1.NC(=O)c1cncc(CC(=O)C(=O)O)c1.[2H]CF. The zero-order chi connectivity index (χ0) is 92.3. The van der Waals surface area contributed by atoms with Crippen molar-refractivity contribution in [1.82, 2.24) is 40.0 Å². The molecule has 8 aromatic rings. The first-order chi connectivity index (χ1) is 61.1. The van der Waals surface area contributed by atoms with E-state index in [2.05, 4.69) is 81.5 Å². The van der Waals surface area contributed by atoms with Crippen LogP contribution < -0.4 is 65.5 Å². The summed E-state index contributed by atoms with van der Waals surface area (Å²) >= 11 is 0. The van der Waals surface area contributed by atoms with Crippen LogP contribution in [0.1, 0.15) is 196 Å². The number of primary amides is 4. The number of carboxylic acids is 1. The van der Waals surface area contributed by atoms with Gasteiger partial charge in [-0.3, -0.25) is 96.2 Å². The summed E-state index contributed by atoms with van der Waals surface area (Å²) in [6.07, 6.45) is 19.0. The molecule has 16 rings (SSSR count). The summed E-state index contributed by atoms with van der Waals surface area (Å²) in [5.74, 6) is -8.06. The van der Waals surface area contributed by atoms with Crippen LogP contribution in [0.4, 0.5) is 44.2 Å². The second kappa shape index (κ2) is 42.0. The molecule has 4 unspecified atom stereocenters. The molecule has 8 aliphatic heterocycles. The first kappa shape index (κ1) is 91.3. The number of hydrogen-bond acceptors (Lipinski definition) is 21. The Balaban J connectivity index is 0.000000158. The number of nitrogens with one attached hydrogen (secondary N) is 8. The largest absolute Gasteiger partial charge is 0.475 e. The number of nitrogens with two attached hydrogens (primary N) is 4. The fourth-order valence-electron chi connectivity index (χ4n) is 16.1. The number of piperidine rings is 4. The van der Waals surface area contributed by atoms with E-state index in [0.29, 0.717) is 56.9 Å². The molecule has 4 fully saturated rings. The lowest BCUT2D eigenvalue weighted by Crippen LogP contribution is -2.46. The van der Waals surface area contributed by atoms with Gasteiger partial charge in [0.25, 0.3) is 0 Å². The topological polar surface area (TPSA) is 555 Å². The van der Waals surface area contributed by atoms with Gasteiger partial charge in [-0.2, -0.15) is 0 Å². The Morgan fingerprint density at radius 3 is 1.00 bits per heavy atom. The number of nitrogens with zero attached hydrogens (tertiary/aromatic N) is 7. The number of alkyl halides is 1. The average molecular weight is 1740 g/mol. The molecule has 0 saturated carbocycles. The van der Waals surface area contributed by atoms with Crippen molar-refractivity contribution in [3.8, 4) is 0 Å². The average Bonchev–Trinajstić information content (AvgIpc) is 1.51. The van der Waals surface area contributed by atoms with E-state index in [0.717, 1.165) is 113 Å². The molecular formula is C90H98FN19O17. The number of likely N-dealkylation sites (tertiary alicyclic amines) is 3. The van der Waals surface area contributed by atoms with Crippen molar-refractivity contribution < 1.29 is 87.6 Å². The Bertz CT molecular complexity index is 5290. The van der Waals surface area contributed by atoms with E-state index >= 15 is 0 Å². The number of halogens is 1. The van der Waals surface area contributed by atoms with Crippen molar-refractivity contribution in [1.29, 1.82) is 0 Å². The molecule has 4 saturated heterocycles. The van der Waals surface area contributed by atoms with Crippen LogP contribution in [0.3, 0.4) is 0 Å². The number of hydrogen-bond donors (Lipinski definition) is 13. The molecule has 14 amide bonds. The number of carbonyl (C=O) groups excluding carboxylic acids is 15. The maximum atomic E-state index is 13.1. The molecule has 8 aliphatic rings. The molecule has 0 bridgehead atoms. The Morgan fingerprint density at radius 1 is 0.409 bits per heavy atom. The number of pyridine rings is 4. The smallest absolute Gasteiger partial charge is 0.372 e. The van der Waals surface area contributed by atoms with Crippen LogP contribution in [0.15, 0.2) is 147 Å². The van der Waals surface area contributed by atoms with Crippen molar-refractivity contribution >= 4 is 134 Å². The number of ketones is 1. The first-order valence-corrected chi connectivity index (χ1v) is 41.0. The minimum Gasteiger partial charge on any atom is -0.475 e. The maximum Gasteiger partial charge on any atom is 0.372 e. The van der Waals surface area contributed by atoms with Crippen LogP contribution in [0.25, 0.3) is 0 Å². The van der Waals surface area contributed by atoms with Gasteiger partial charge in [0.1, 0.15) is 0 Å². The van der Waals surface area contributed by atoms with Gasteiger partial charge in [0.05, 0.1) is 110 Å². The molecule has 0 spiro atoms. The fourth-order valence-corrected chi connectivity index (χ4v) is 16.1. The van der Waals surface area contributed by atoms with E-state index in [1.807, 2.05) is 81.4 Å². The van der Waals surface area contributed by atoms with Gasteiger partial charge in [-0.1, -0.05) is 76.2 Å². The van der Waals surface area contributed by atoms with Crippen LogP contribution in [0, 0.1) is 23.7 Å². The van der Waals surface area contributed by atoms with E-state index in [1.54, 1.807) is 14.7 Å². The van der Waals surface area contributed by atoms with Crippen LogP contribution in [-0.4, -0.2) is 168 Å². The second-order valence-corrected chi connectivity index (χ2v) is 32.4. The number of fused-ring (bicyclic) bond motifs is 4. The van der Waals surface area contributed by atoms with E-state index < -0.39 is 78.0 Å². The summed E-state index contributed by atoms with van der Waals surface area (Å²) in [5, 5.41) is 30.8. The molecule has 127 heavy (non-hydrogen) atoms. The van der Waals surface area contributed by atoms with Crippen molar-refractivity contribution in [3.05, 3.63) is 219 Å². The predicted octanol–water partition coefficient (Wildman–Crippen LogP) is 7.04. The monoisotopic (exact) mass is 1740 g/mol. The number of benzene rings is 4. The van der Waals surface area contributed by atoms with Gasteiger partial charge in [0.2, 0.25) is 53.0 Å². The highest BCUT2D eigenvalue weighted by Crippen LogP contribution is 2.41. The van der Waals surface area contributed by atoms with Crippen molar-refractivity contribution in [2.45, 2.75) is 135 Å². The molecule has 4 aromatic carbocycles. The zero-order valence-electron chi connectivity index (χ0n) is 71.0. The van der Waals surface area contributed by atoms with Crippen LogP contribution in [0.5, 0.6) is 0 Å². The molecule has 8 atom stereocenters. The molecule has 37 heteroatoms. The number of anilines is 7. The van der Waals surface area contributed by atoms with Gasteiger partial charge in [-0.25, -0.2) is 4.79 Å². The normalized spacial score (nSPS) is 19.7. The highest BCUT2D eigenvalue weighted by molar-refractivity contribution is 6.41. The Labute approximate surface area is 729 Å². The summed E-state index contributed by atoms with van der Waals surface area (Å²) in [7, 11) is -1.00. The zero-order valence-corrected chi connectivity index (χ0v) is 70.0. The number of aliphatic carboxylic acids is 1. The van der Waals surface area contributed by atoms with E-state index in [4.69, 9.17) is 29.4 Å². The molecule has 0 radical (unpaired) electrons. The lowest BCUT2D eigenvalue weighted by Gasteiger charge is -2.38. The number of amides is 14. The molecule has 12 heterocycles. The van der Waals surface area contributed by atoms with Gasteiger partial charge in [-0.15, -0.1) is 0 Å². The number of carboxylic acid groups (broad SMARTS) is 1. The molecular weight excluding hydrogens is 1640 g/mol. The van der Waals surface area contributed by atoms with Crippen molar-refractivity contribution in [3.63, 3.8) is 0 Å². The molecule has 0 aliphatic carbocycles. The van der Waals surface area contributed by atoms with Gasteiger partial charge in [0, 0.05) is 85.8 Å². The quantitative estimate of drug-likeness (QED) is 0.0485. The van der Waals surface area contributed by atoms with Crippen molar-refractivity contribution in [2.24, 2.45) is 46.6 Å². The third kappa shape index (κ3) is 24.1. The molecule has 36 nitrogen and oxygen atoms in total. The summed E-state index contributed by atoms with van der Waals surface area (Å²) < 4.78 is 15.5. The lowest BCUT2D eigenvalue weighted by atomic mass is 9.89. The van der Waals surface area contributed by atoms with E-state index in [-0.39, 0.29) is 105 Å². The summed E-state index contributed by atoms with van der Waals surface area (Å²) in [4.78, 5) is 210. The molecule has 4 aromatic heterocycles. The summed E-state index contributed by atoms with van der Waals surface area (Å²) in [6.45, 7) is 10.9. The van der Waals surface area contributed by atoms with Gasteiger partial charge >= 0.3 is 41.4 Å². The third-order valence-corrected chi connectivity index (χ3v) is 22.6.